The van der Waals surface area contributed by atoms with E-state index in [-0.39, 0.29) is 5.56 Å². The monoisotopic (exact) mass is 295 g/mol. The van der Waals surface area contributed by atoms with Gasteiger partial charge in [0.25, 0.3) is 5.56 Å². The molecule has 0 N–H and O–H groups in total. The summed E-state index contributed by atoms with van der Waals surface area (Å²) in [5.74, 6) is 0.567. The van der Waals surface area contributed by atoms with Gasteiger partial charge in [-0.25, -0.2) is 4.98 Å². The molecule has 0 saturated heterocycles. The van der Waals surface area contributed by atoms with Crippen LogP contribution in [0.1, 0.15) is 0 Å². The van der Waals surface area contributed by atoms with E-state index in [1.807, 2.05) is 40.9 Å². The number of fused-ring (bicyclic) bond motifs is 2. The SMILES string of the molecule is O=c1c2cc(Cl)ccc2ccn1-c1ncc2ccccn12. The van der Waals surface area contributed by atoms with Crippen molar-refractivity contribution in [2.75, 3.05) is 0 Å². The first-order valence-corrected chi connectivity index (χ1v) is 6.85. The third-order valence-corrected chi connectivity index (χ3v) is 3.74. The summed E-state index contributed by atoms with van der Waals surface area (Å²) in [5, 5.41) is 1.99. The van der Waals surface area contributed by atoms with E-state index < -0.39 is 0 Å². The summed E-state index contributed by atoms with van der Waals surface area (Å²) < 4.78 is 3.41. The first-order chi connectivity index (χ1) is 10.2. The van der Waals surface area contributed by atoms with Gasteiger partial charge in [0, 0.05) is 22.8 Å². The third kappa shape index (κ3) is 1.84. The van der Waals surface area contributed by atoms with Crippen LogP contribution in [-0.4, -0.2) is 14.0 Å². The Morgan fingerprint density at radius 1 is 1.05 bits per heavy atom. The predicted octanol–water partition coefficient (Wildman–Crippen LogP) is 3.29. The van der Waals surface area contributed by atoms with Crippen molar-refractivity contribution in [1.82, 2.24) is 14.0 Å². The lowest BCUT2D eigenvalue weighted by Crippen LogP contribution is -2.19. The van der Waals surface area contributed by atoms with E-state index in [9.17, 15) is 4.79 Å². The van der Waals surface area contributed by atoms with Crippen molar-refractivity contribution in [2.45, 2.75) is 0 Å². The number of benzene rings is 1. The van der Waals surface area contributed by atoms with E-state index in [2.05, 4.69) is 4.98 Å². The van der Waals surface area contributed by atoms with Crippen LogP contribution in [0.4, 0.5) is 0 Å². The van der Waals surface area contributed by atoms with Gasteiger partial charge in [0.15, 0.2) is 0 Å². The highest BCUT2D eigenvalue weighted by atomic mass is 35.5. The fraction of sp³-hybridized carbons (Fsp3) is 0. The van der Waals surface area contributed by atoms with Crippen LogP contribution < -0.4 is 5.56 Å². The molecule has 1 aromatic carbocycles. The van der Waals surface area contributed by atoms with Crippen LogP contribution >= 0.6 is 11.6 Å². The Labute approximate surface area is 124 Å². The van der Waals surface area contributed by atoms with Crippen LogP contribution in [0.2, 0.25) is 5.02 Å². The standard InChI is InChI=1S/C16H10ClN3O/c17-12-5-4-11-6-8-20(15(21)14(11)9-12)16-18-10-13-3-1-2-7-19(13)16/h1-10H. The van der Waals surface area contributed by atoms with Gasteiger partial charge in [-0.1, -0.05) is 23.7 Å². The summed E-state index contributed by atoms with van der Waals surface area (Å²) in [4.78, 5) is 17.0. The number of hydrogen-bond donors (Lipinski definition) is 0. The maximum atomic E-state index is 12.7. The summed E-state index contributed by atoms with van der Waals surface area (Å²) in [6.07, 6.45) is 5.36. The largest absolute Gasteiger partial charge is 0.285 e. The highest BCUT2D eigenvalue weighted by Crippen LogP contribution is 2.17. The Morgan fingerprint density at radius 2 is 1.95 bits per heavy atom. The third-order valence-electron chi connectivity index (χ3n) is 3.50. The highest BCUT2D eigenvalue weighted by Gasteiger charge is 2.09. The molecule has 0 spiro atoms. The van der Waals surface area contributed by atoms with Crippen molar-refractivity contribution in [2.24, 2.45) is 0 Å². The van der Waals surface area contributed by atoms with E-state index in [1.54, 1.807) is 24.5 Å². The molecular formula is C16H10ClN3O. The zero-order valence-corrected chi connectivity index (χ0v) is 11.7. The minimum absolute atomic E-state index is 0.133. The minimum Gasteiger partial charge on any atom is -0.285 e. The maximum Gasteiger partial charge on any atom is 0.265 e. The number of imidazole rings is 1. The molecule has 0 aliphatic carbocycles. The highest BCUT2D eigenvalue weighted by molar-refractivity contribution is 6.31. The molecule has 0 bridgehead atoms. The van der Waals surface area contributed by atoms with Crippen LogP contribution in [0, 0.1) is 0 Å². The topological polar surface area (TPSA) is 39.3 Å². The first-order valence-electron chi connectivity index (χ1n) is 6.47. The molecule has 4 rings (SSSR count). The quantitative estimate of drug-likeness (QED) is 0.540. The van der Waals surface area contributed by atoms with Crippen LogP contribution in [0.5, 0.6) is 0 Å². The average molecular weight is 296 g/mol. The van der Waals surface area contributed by atoms with Gasteiger partial charge in [0.1, 0.15) is 0 Å². The van der Waals surface area contributed by atoms with Crippen LogP contribution in [0.25, 0.3) is 22.2 Å². The fourth-order valence-electron chi connectivity index (χ4n) is 2.48. The van der Waals surface area contributed by atoms with E-state index in [4.69, 9.17) is 11.6 Å². The molecule has 0 atom stereocenters. The van der Waals surface area contributed by atoms with Gasteiger partial charge in [-0.15, -0.1) is 0 Å². The second-order valence-electron chi connectivity index (χ2n) is 4.78. The molecule has 0 aliphatic rings. The second-order valence-corrected chi connectivity index (χ2v) is 5.21. The van der Waals surface area contributed by atoms with E-state index in [0.717, 1.165) is 10.9 Å². The van der Waals surface area contributed by atoms with Gasteiger partial charge in [-0.05, 0) is 35.7 Å². The van der Waals surface area contributed by atoms with Gasteiger partial charge in [0.2, 0.25) is 5.95 Å². The number of hydrogen-bond acceptors (Lipinski definition) is 2. The molecule has 0 amide bonds. The zero-order valence-electron chi connectivity index (χ0n) is 10.9. The Bertz CT molecular complexity index is 1030. The van der Waals surface area contributed by atoms with Crippen molar-refractivity contribution in [1.29, 1.82) is 0 Å². The van der Waals surface area contributed by atoms with Crippen LogP contribution in [0.15, 0.2) is 65.8 Å². The zero-order chi connectivity index (χ0) is 14.4. The van der Waals surface area contributed by atoms with Gasteiger partial charge in [-0.3, -0.25) is 13.8 Å². The number of pyridine rings is 2. The number of rotatable bonds is 1. The summed E-state index contributed by atoms with van der Waals surface area (Å²) in [5.41, 5.74) is 0.803. The van der Waals surface area contributed by atoms with E-state index in [1.165, 1.54) is 4.57 Å². The lowest BCUT2D eigenvalue weighted by Gasteiger charge is -2.06. The smallest absolute Gasteiger partial charge is 0.265 e. The summed E-state index contributed by atoms with van der Waals surface area (Å²) >= 11 is 5.99. The minimum atomic E-state index is -0.133. The normalized spacial score (nSPS) is 11.3. The summed E-state index contributed by atoms with van der Waals surface area (Å²) in [7, 11) is 0. The molecule has 4 aromatic rings. The van der Waals surface area contributed by atoms with Crippen molar-refractivity contribution in [3.8, 4) is 5.95 Å². The number of halogens is 1. The molecule has 0 aliphatic heterocycles. The van der Waals surface area contributed by atoms with Crippen molar-refractivity contribution < 1.29 is 0 Å². The van der Waals surface area contributed by atoms with Gasteiger partial charge in [-0.2, -0.15) is 0 Å². The summed E-state index contributed by atoms with van der Waals surface area (Å²) in [6.45, 7) is 0. The molecule has 5 heteroatoms. The Hall–Kier alpha value is -2.59. The van der Waals surface area contributed by atoms with Crippen LogP contribution in [-0.2, 0) is 0 Å². The second kappa shape index (κ2) is 4.46. The molecule has 0 unspecified atom stereocenters. The van der Waals surface area contributed by atoms with Crippen molar-refractivity contribution >= 4 is 27.9 Å². The van der Waals surface area contributed by atoms with E-state index in [0.29, 0.717) is 16.4 Å². The Kier molecular flexibility index (Phi) is 2.59. The van der Waals surface area contributed by atoms with Gasteiger partial charge >= 0.3 is 0 Å². The van der Waals surface area contributed by atoms with E-state index >= 15 is 0 Å². The van der Waals surface area contributed by atoms with Crippen molar-refractivity contribution in [3.63, 3.8) is 0 Å². The molecule has 0 saturated carbocycles. The predicted molar refractivity (Wildman–Crippen MR) is 83.3 cm³/mol. The molecule has 0 fully saturated rings. The average Bonchev–Trinajstić information content (AvgIpc) is 2.92. The number of aromatic nitrogens is 3. The summed E-state index contributed by atoms with van der Waals surface area (Å²) in [6, 6.07) is 13.0. The molecule has 102 valence electrons. The number of nitrogens with zero attached hydrogens (tertiary/aromatic N) is 3. The van der Waals surface area contributed by atoms with Crippen molar-refractivity contribution in [3.05, 3.63) is 76.4 Å². The lowest BCUT2D eigenvalue weighted by atomic mass is 10.2. The Morgan fingerprint density at radius 3 is 2.86 bits per heavy atom. The maximum absolute atomic E-state index is 12.7. The molecule has 21 heavy (non-hydrogen) atoms. The molecule has 0 radical (unpaired) electrons. The van der Waals surface area contributed by atoms with Gasteiger partial charge in [0.05, 0.1) is 11.7 Å². The Balaban J connectivity index is 2.07. The fourth-order valence-corrected chi connectivity index (χ4v) is 2.65. The van der Waals surface area contributed by atoms with Gasteiger partial charge < -0.3 is 0 Å². The first kappa shape index (κ1) is 12.2. The molecule has 3 aromatic heterocycles. The van der Waals surface area contributed by atoms with Crippen LogP contribution in [0.3, 0.4) is 0 Å². The molecular weight excluding hydrogens is 286 g/mol. The molecule has 4 nitrogen and oxygen atoms in total. The lowest BCUT2D eigenvalue weighted by molar-refractivity contribution is 0.892. The molecule has 3 heterocycles.